The van der Waals surface area contributed by atoms with Gasteiger partial charge in [-0.1, -0.05) is 0 Å². The number of pyridine rings is 1. The van der Waals surface area contributed by atoms with Crippen molar-refractivity contribution in [3.63, 3.8) is 0 Å². The Morgan fingerprint density at radius 3 is 2.59 bits per heavy atom. The second-order valence-corrected chi connectivity index (χ2v) is 8.87. The summed E-state index contributed by atoms with van der Waals surface area (Å²) in [6.07, 6.45) is 3.72. The van der Waals surface area contributed by atoms with E-state index in [4.69, 9.17) is 4.74 Å². The number of carboxylic acid groups (broad SMARTS) is 1. The Hall–Kier alpha value is -2.75. The van der Waals surface area contributed by atoms with Crippen molar-refractivity contribution >= 4 is 22.6 Å². The number of nitrogens with one attached hydrogen (secondary N) is 1. The molecule has 2 aromatic rings. The summed E-state index contributed by atoms with van der Waals surface area (Å²) < 4.78 is 48.1. The lowest BCUT2D eigenvalue weighted by molar-refractivity contribution is -0.0487. The summed E-state index contributed by atoms with van der Waals surface area (Å²) >= 11 is 0. The van der Waals surface area contributed by atoms with E-state index in [1.807, 2.05) is 0 Å². The lowest BCUT2D eigenvalue weighted by Crippen LogP contribution is -2.30. The number of hydrogen-bond acceptors (Lipinski definition) is 5. The molecule has 32 heavy (non-hydrogen) atoms. The number of carbonyl (C=O) groups is 1. The number of carboxylic acids is 1. The number of aromatic nitrogens is 1. The number of rotatable bonds is 8. The zero-order valence-electron chi connectivity index (χ0n) is 17.3. The molecule has 1 aromatic carbocycles. The number of benzene rings is 1. The average Bonchev–Trinajstić information content (AvgIpc) is 3.65. The number of fused-ring (bicyclic) bond motifs is 1. The van der Waals surface area contributed by atoms with Crippen LogP contribution in [-0.4, -0.2) is 54.1 Å². The Morgan fingerprint density at radius 1 is 1.22 bits per heavy atom. The van der Waals surface area contributed by atoms with Crippen LogP contribution in [0.15, 0.2) is 23.1 Å². The topological polar surface area (TPSA) is 83.8 Å². The van der Waals surface area contributed by atoms with Crippen molar-refractivity contribution in [2.24, 2.45) is 5.92 Å². The fraction of sp³-hybridized carbons (Fsp3) is 0.545. The summed E-state index contributed by atoms with van der Waals surface area (Å²) in [5, 5.41) is 12.7. The molecule has 5 rings (SSSR count). The summed E-state index contributed by atoms with van der Waals surface area (Å²) in [6, 6.07) is 3.22. The van der Waals surface area contributed by atoms with Gasteiger partial charge in [-0.25, -0.2) is 9.18 Å². The summed E-state index contributed by atoms with van der Waals surface area (Å²) in [5.74, 6) is -1.87. The maximum Gasteiger partial charge on any atom is 0.387 e. The van der Waals surface area contributed by atoms with Crippen LogP contribution in [0.25, 0.3) is 10.9 Å². The first-order chi connectivity index (χ1) is 15.3. The van der Waals surface area contributed by atoms with E-state index < -0.39 is 29.7 Å². The Morgan fingerprint density at radius 2 is 1.97 bits per heavy atom. The van der Waals surface area contributed by atoms with Gasteiger partial charge in [-0.2, -0.15) is 8.78 Å². The van der Waals surface area contributed by atoms with Gasteiger partial charge in [0.15, 0.2) is 5.75 Å². The van der Waals surface area contributed by atoms with Crippen LogP contribution in [0.4, 0.5) is 18.9 Å². The molecule has 0 spiro atoms. The molecule has 0 unspecified atom stereocenters. The second kappa shape index (κ2) is 7.99. The molecule has 1 saturated heterocycles. The molecular formula is C22H24F3N3O4. The first-order valence-corrected chi connectivity index (χ1v) is 10.9. The second-order valence-electron chi connectivity index (χ2n) is 8.87. The Labute approximate surface area is 181 Å². The minimum absolute atomic E-state index is 0.000791. The number of anilines is 1. The van der Waals surface area contributed by atoms with E-state index in [0.717, 1.165) is 25.7 Å². The fourth-order valence-electron chi connectivity index (χ4n) is 4.48. The van der Waals surface area contributed by atoms with E-state index in [1.54, 1.807) is 9.47 Å². The van der Waals surface area contributed by atoms with Crippen LogP contribution >= 0.6 is 0 Å². The van der Waals surface area contributed by atoms with Gasteiger partial charge in [-0.3, -0.25) is 4.79 Å². The van der Waals surface area contributed by atoms with E-state index in [-0.39, 0.29) is 40.8 Å². The fourth-order valence-corrected chi connectivity index (χ4v) is 4.48. The molecule has 0 radical (unpaired) electrons. The van der Waals surface area contributed by atoms with E-state index in [0.29, 0.717) is 19.1 Å². The van der Waals surface area contributed by atoms with E-state index in [2.05, 4.69) is 5.32 Å². The number of ether oxygens (including phenoxy) is 1. The first kappa shape index (κ1) is 21.1. The number of alkyl halides is 3. The van der Waals surface area contributed by atoms with Crippen LogP contribution < -0.4 is 20.4 Å². The Balaban J connectivity index is 1.60. The van der Waals surface area contributed by atoms with Crippen molar-refractivity contribution in [1.82, 2.24) is 9.88 Å². The van der Waals surface area contributed by atoms with E-state index in [1.165, 1.54) is 18.3 Å². The van der Waals surface area contributed by atoms with Crippen LogP contribution in [0.1, 0.15) is 42.1 Å². The monoisotopic (exact) mass is 451 g/mol. The lowest BCUT2D eigenvalue weighted by Gasteiger charge is -2.24. The minimum atomic E-state index is -3.16. The largest absolute Gasteiger partial charge is 0.477 e. The smallest absolute Gasteiger partial charge is 0.387 e. The third-order valence-corrected chi connectivity index (χ3v) is 6.45. The summed E-state index contributed by atoms with van der Waals surface area (Å²) in [7, 11) is 0. The molecule has 2 aliphatic carbocycles. The van der Waals surface area contributed by atoms with Crippen LogP contribution in [0.3, 0.4) is 0 Å². The molecule has 172 valence electrons. The number of halogens is 3. The summed E-state index contributed by atoms with van der Waals surface area (Å²) in [5.41, 5.74) is -0.760. The predicted octanol–water partition coefficient (Wildman–Crippen LogP) is 3.16. The van der Waals surface area contributed by atoms with Crippen LogP contribution in [0.2, 0.25) is 0 Å². The van der Waals surface area contributed by atoms with Gasteiger partial charge in [0.1, 0.15) is 11.7 Å². The van der Waals surface area contributed by atoms with Crippen molar-refractivity contribution in [3.8, 4) is 5.75 Å². The van der Waals surface area contributed by atoms with Crippen LogP contribution in [0.5, 0.6) is 5.75 Å². The maximum absolute atomic E-state index is 14.7. The molecule has 1 aromatic heterocycles. The van der Waals surface area contributed by atoms with Crippen LogP contribution in [0, 0.1) is 5.92 Å². The van der Waals surface area contributed by atoms with Crippen molar-refractivity contribution in [3.05, 3.63) is 34.1 Å². The molecule has 0 amide bonds. The normalized spacial score (nSPS) is 23.3. The molecule has 3 aliphatic rings. The molecule has 2 heterocycles. The molecule has 0 bridgehead atoms. The van der Waals surface area contributed by atoms with Gasteiger partial charge in [0.05, 0.1) is 16.6 Å². The van der Waals surface area contributed by atoms with Gasteiger partial charge >= 0.3 is 12.6 Å². The quantitative estimate of drug-likeness (QED) is 0.642. The van der Waals surface area contributed by atoms with Crippen molar-refractivity contribution in [1.29, 1.82) is 0 Å². The van der Waals surface area contributed by atoms with E-state index >= 15 is 0 Å². The molecule has 1 aliphatic heterocycles. The van der Waals surface area contributed by atoms with Crippen molar-refractivity contribution < 1.29 is 27.8 Å². The highest BCUT2D eigenvalue weighted by atomic mass is 19.3. The average molecular weight is 451 g/mol. The highest BCUT2D eigenvalue weighted by Gasteiger charge is 2.37. The predicted molar refractivity (Wildman–Crippen MR) is 112 cm³/mol. The zero-order chi connectivity index (χ0) is 22.6. The third-order valence-electron chi connectivity index (χ3n) is 6.45. The highest BCUT2D eigenvalue weighted by Crippen LogP contribution is 2.44. The number of hydrogen-bond donors (Lipinski definition) is 2. The molecule has 7 nitrogen and oxygen atoms in total. The molecule has 2 saturated carbocycles. The molecule has 3 fully saturated rings. The highest BCUT2D eigenvalue weighted by molar-refractivity contribution is 5.97. The molecule has 2 N–H and O–H groups in total. The van der Waals surface area contributed by atoms with Gasteiger partial charge in [-0.15, -0.1) is 0 Å². The third kappa shape index (κ3) is 3.92. The van der Waals surface area contributed by atoms with Gasteiger partial charge < -0.3 is 24.6 Å². The maximum atomic E-state index is 14.7. The Bertz CT molecular complexity index is 1110. The van der Waals surface area contributed by atoms with Crippen LogP contribution in [-0.2, 0) is 0 Å². The number of nitrogens with zero attached hydrogens (tertiary/aromatic N) is 2. The van der Waals surface area contributed by atoms with Crippen molar-refractivity contribution in [2.75, 3.05) is 24.5 Å². The summed E-state index contributed by atoms with van der Waals surface area (Å²) in [6.45, 7) is -2.29. The van der Waals surface area contributed by atoms with Gasteiger partial charge in [0.2, 0.25) is 5.43 Å². The minimum Gasteiger partial charge on any atom is -0.477 e. The molecule has 2 atom stereocenters. The molecule has 10 heteroatoms. The van der Waals surface area contributed by atoms with Crippen molar-refractivity contribution in [2.45, 2.75) is 50.6 Å². The van der Waals surface area contributed by atoms with Gasteiger partial charge in [0, 0.05) is 43.8 Å². The van der Waals surface area contributed by atoms with E-state index in [9.17, 15) is 27.9 Å². The first-order valence-electron chi connectivity index (χ1n) is 10.9. The summed E-state index contributed by atoms with van der Waals surface area (Å²) in [4.78, 5) is 26.0. The molecular weight excluding hydrogens is 427 g/mol. The standard InChI is InChI=1S/C22H24F3N3O4/c23-16-10-27(8-11(16)7-26-12-1-2-12)17-6-5-14-18(20(17)32-22(24)25)28(13-3-4-13)9-15(19(14)29)21(30)31/h5-6,9,11-13,16,22,26H,1-4,7-8,10H2,(H,30,31)/t11-,16-/m1/s1. The number of aromatic carboxylic acids is 1. The zero-order valence-corrected chi connectivity index (χ0v) is 17.3. The van der Waals surface area contributed by atoms with Gasteiger partial charge in [-0.05, 0) is 37.8 Å². The van der Waals surface area contributed by atoms with Gasteiger partial charge in [0.25, 0.3) is 0 Å². The SMILES string of the molecule is O=C(O)c1cn(C2CC2)c2c(OC(F)F)c(N3C[C@@H](CNC4CC4)[C@H](F)C3)ccc2c1=O. The Kier molecular flexibility index (Phi) is 5.27. The lowest BCUT2D eigenvalue weighted by atomic mass is 10.1.